The Labute approximate surface area is 193 Å². The number of aliphatic hydroxyl groups excluding tert-OH is 1. The molecule has 0 saturated heterocycles. The Balaban J connectivity index is 0.00000280. The van der Waals surface area contributed by atoms with Gasteiger partial charge in [0.1, 0.15) is 0 Å². The molecule has 2 aromatic rings. The van der Waals surface area contributed by atoms with Crippen LogP contribution in [0.15, 0.2) is 42.5 Å². The zero-order valence-corrected chi connectivity index (χ0v) is 19.9. The number of benzene rings is 2. The van der Waals surface area contributed by atoms with E-state index < -0.39 is 16.1 Å². The molecule has 28 heavy (non-hydrogen) atoms. The van der Waals surface area contributed by atoms with Crippen molar-refractivity contribution in [3.8, 4) is 0 Å². The van der Waals surface area contributed by atoms with Gasteiger partial charge in [0.15, 0.2) is 0 Å². The van der Waals surface area contributed by atoms with Crippen molar-refractivity contribution in [1.82, 2.24) is 5.43 Å². The second kappa shape index (κ2) is 10.3. The van der Waals surface area contributed by atoms with Crippen LogP contribution in [0.4, 0.5) is 5.69 Å². The first kappa shape index (κ1) is 23.5. The molecule has 0 spiro atoms. The van der Waals surface area contributed by atoms with Crippen molar-refractivity contribution in [2.45, 2.75) is 44.8 Å². The normalized spacial score (nSPS) is 16.6. The Hall–Kier alpha value is -0.786. The van der Waals surface area contributed by atoms with E-state index in [1.165, 1.54) is 10.7 Å². The van der Waals surface area contributed by atoms with Gasteiger partial charge in [-0.1, -0.05) is 48.4 Å². The summed E-state index contributed by atoms with van der Waals surface area (Å²) >= 11 is 0. The topological polar surface area (TPSA) is 69.6 Å². The predicted molar refractivity (Wildman–Crippen MR) is 109 cm³/mol. The molecule has 0 heterocycles. The standard InChI is InChI=1S/C21H27N2O3S.Y/c1-3-16-8-6-9-17(14-16)15-22-23(27(2,25)26)20-12-7-11-19-18(20)10-4-5-13-21(19)24;/h6-9,11-12,14,21-22,24H,1,3-5,10,13,15H2,2H3;/q-1;. The molecule has 0 aromatic heterocycles. The number of anilines is 1. The van der Waals surface area contributed by atoms with Crippen LogP contribution in [0.3, 0.4) is 0 Å². The monoisotopic (exact) mass is 476 g/mol. The van der Waals surface area contributed by atoms with Crippen molar-refractivity contribution in [2.75, 3.05) is 10.7 Å². The summed E-state index contributed by atoms with van der Waals surface area (Å²) in [5, 5.41) is 10.4. The number of nitrogens with zero attached hydrogens (tertiary/aromatic N) is 1. The number of rotatable bonds is 6. The fraction of sp³-hybridized carbons (Fsp3) is 0.381. The Morgan fingerprint density at radius 3 is 2.61 bits per heavy atom. The van der Waals surface area contributed by atoms with Crippen LogP contribution in [0.5, 0.6) is 0 Å². The van der Waals surface area contributed by atoms with Gasteiger partial charge in [-0.2, -0.15) is 6.42 Å². The van der Waals surface area contributed by atoms with Gasteiger partial charge < -0.3 is 12.0 Å². The van der Waals surface area contributed by atoms with Crippen LogP contribution in [0.1, 0.15) is 47.6 Å². The fourth-order valence-corrected chi connectivity index (χ4v) is 4.43. The summed E-state index contributed by atoms with van der Waals surface area (Å²) in [7, 11) is -3.54. The molecular weight excluding hydrogens is 449 g/mol. The molecule has 2 N–H and O–H groups in total. The third-order valence-corrected chi connectivity index (χ3v) is 5.95. The van der Waals surface area contributed by atoms with Crippen molar-refractivity contribution in [2.24, 2.45) is 0 Å². The van der Waals surface area contributed by atoms with Gasteiger partial charge in [-0.15, -0.1) is 0 Å². The molecule has 1 atom stereocenters. The molecule has 1 unspecified atom stereocenters. The van der Waals surface area contributed by atoms with Crippen molar-refractivity contribution in [3.05, 3.63) is 71.6 Å². The van der Waals surface area contributed by atoms with E-state index in [1.807, 2.05) is 36.4 Å². The number of nitrogens with one attached hydrogen (secondary N) is 1. The maximum absolute atomic E-state index is 12.5. The summed E-state index contributed by atoms with van der Waals surface area (Å²) in [4.78, 5) is 0. The van der Waals surface area contributed by atoms with Crippen LogP contribution < -0.4 is 9.84 Å². The molecule has 7 heteroatoms. The number of hydrogen-bond acceptors (Lipinski definition) is 4. The van der Waals surface area contributed by atoms with Gasteiger partial charge >= 0.3 is 0 Å². The first-order valence-electron chi connectivity index (χ1n) is 9.31. The fourth-order valence-electron chi connectivity index (χ4n) is 3.60. The summed E-state index contributed by atoms with van der Waals surface area (Å²) in [5.74, 6) is 0. The number of hydrazine groups is 1. The summed E-state index contributed by atoms with van der Waals surface area (Å²) < 4.78 is 26.3. The van der Waals surface area contributed by atoms with E-state index in [-0.39, 0.29) is 32.7 Å². The zero-order valence-electron chi connectivity index (χ0n) is 16.3. The smallest absolute Gasteiger partial charge is 0.245 e. The van der Waals surface area contributed by atoms with Crippen LogP contribution in [-0.2, 0) is 62.1 Å². The van der Waals surface area contributed by atoms with E-state index in [1.54, 1.807) is 6.07 Å². The molecule has 0 saturated carbocycles. The Bertz CT molecular complexity index is 902. The minimum atomic E-state index is -3.54. The van der Waals surface area contributed by atoms with E-state index in [4.69, 9.17) is 0 Å². The molecule has 2 aromatic carbocycles. The minimum absolute atomic E-state index is 0. The molecule has 0 aliphatic heterocycles. The molecule has 1 aliphatic carbocycles. The van der Waals surface area contributed by atoms with Gasteiger partial charge in [-0.25, -0.2) is 18.3 Å². The molecule has 1 radical (unpaired) electrons. The third-order valence-electron chi connectivity index (χ3n) is 4.96. The van der Waals surface area contributed by atoms with E-state index >= 15 is 0 Å². The average Bonchev–Trinajstić information content (AvgIpc) is 2.83. The number of aliphatic hydroxyl groups is 1. The van der Waals surface area contributed by atoms with Crippen LogP contribution in [0.25, 0.3) is 0 Å². The number of hydrogen-bond donors (Lipinski definition) is 2. The maximum atomic E-state index is 12.5. The minimum Gasteiger partial charge on any atom is -0.388 e. The molecule has 0 amide bonds. The number of sulfonamides is 1. The first-order valence-corrected chi connectivity index (χ1v) is 11.2. The Morgan fingerprint density at radius 1 is 1.18 bits per heavy atom. The molecule has 0 bridgehead atoms. The van der Waals surface area contributed by atoms with Crippen LogP contribution >= 0.6 is 0 Å². The van der Waals surface area contributed by atoms with Gasteiger partial charge in [-0.3, -0.25) is 0 Å². The summed E-state index contributed by atoms with van der Waals surface area (Å²) in [6.07, 6.45) is 4.67. The van der Waals surface area contributed by atoms with Crippen LogP contribution in [-0.4, -0.2) is 19.8 Å². The number of fused-ring (bicyclic) bond motifs is 1. The summed E-state index contributed by atoms with van der Waals surface area (Å²) in [6.45, 7) is 4.27. The van der Waals surface area contributed by atoms with E-state index in [2.05, 4.69) is 12.3 Å². The first-order chi connectivity index (χ1) is 12.9. The zero-order chi connectivity index (χ0) is 19.4. The summed E-state index contributed by atoms with van der Waals surface area (Å²) in [5.41, 5.74) is 7.52. The Morgan fingerprint density at radius 2 is 1.89 bits per heavy atom. The average molecular weight is 476 g/mol. The Kier molecular flexibility index (Phi) is 8.65. The van der Waals surface area contributed by atoms with Gasteiger partial charge in [-0.05, 0) is 42.0 Å². The van der Waals surface area contributed by atoms with E-state index in [0.717, 1.165) is 41.5 Å². The third kappa shape index (κ3) is 5.64. The molecule has 3 rings (SSSR count). The SMILES string of the molecule is [CH2-]Cc1cccc(CNN(c2cccc3c2CCCCC3O)S(C)(=O)=O)c1.[Y]. The van der Waals surface area contributed by atoms with Crippen LogP contribution in [0, 0.1) is 6.92 Å². The van der Waals surface area contributed by atoms with E-state index in [0.29, 0.717) is 25.1 Å². The molecule has 149 valence electrons. The summed E-state index contributed by atoms with van der Waals surface area (Å²) in [6, 6.07) is 13.4. The van der Waals surface area contributed by atoms with Crippen LogP contribution in [0.2, 0.25) is 0 Å². The largest absolute Gasteiger partial charge is 0.388 e. The second-order valence-electron chi connectivity index (χ2n) is 7.04. The van der Waals surface area contributed by atoms with Crippen molar-refractivity contribution < 1.29 is 46.2 Å². The van der Waals surface area contributed by atoms with Gasteiger partial charge in [0.25, 0.3) is 0 Å². The molecule has 1 aliphatic rings. The van der Waals surface area contributed by atoms with Crippen molar-refractivity contribution in [1.29, 1.82) is 0 Å². The van der Waals surface area contributed by atoms with Gasteiger partial charge in [0.05, 0.1) is 18.0 Å². The molecule has 5 nitrogen and oxygen atoms in total. The second-order valence-corrected chi connectivity index (χ2v) is 8.87. The van der Waals surface area contributed by atoms with Crippen molar-refractivity contribution in [3.63, 3.8) is 0 Å². The van der Waals surface area contributed by atoms with Gasteiger partial charge in [0.2, 0.25) is 10.0 Å². The predicted octanol–water partition coefficient (Wildman–Crippen LogP) is 3.29. The quantitative estimate of drug-likeness (QED) is 0.382. The van der Waals surface area contributed by atoms with Gasteiger partial charge in [0, 0.05) is 39.3 Å². The molecular formula is C21H27N2O3SY-. The maximum Gasteiger partial charge on any atom is 0.245 e. The van der Waals surface area contributed by atoms with E-state index in [9.17, 15) is 13.5 Å². The molecule has 0 fully saturated rings. The van der Waals surface area contributed by atoms with Crippen molar-refractivity contribution >= 4 is 15.7 Å².